The van der Waals surface area contributed by atoms with Crippen LogP contribution in [0.3, 0.4) is 0 Å². The number of ether oxygens (including phenoxy) is 1. The number of hydrogen-bond acceptors (Lipinski definition) is 3. The van der Waals surface area contributed by atoms with Gasteiger partial charge in [-0.2, -0.15) is 0 Å². The Morgan fingerprint density at radius 1 is 1.00 bits per heavy atom. The molecule has 26 heavy (non-hydrogen) atoms. The molecule has 0 unspecified atom stereocenters. The fourth-order valence-electron chi connectivity index (χ4n) is 2.99. The first-order valence-electron chi connectivity index (χ1n) is 8.63. The maximum atomic E-state index is 12.5. The second-order valence-electron chi connectivity index (χ2n) is 6.23. The van der Waals surface area contributed by atoms with Crippen LogP contribution >= 0.6 is 22.6 Å². The van der Waals surface area contributed by atoms with Crippen LogP contribution in [0.4, 0.5) is 5.69 Å². The predicted molar refractivity (Wildman–Crippen MR) is 110 cm³/mol. The molecular formula is C20H21IN2O3. The molecular weight excluding hydrogens is 443 g/mol. The zero-order valence-corrected chi connectivity index (χ0v) is 16.8. The quantitative estimate of drug-likeness (QED) is 0.691. The van der Waals surface area contributed by atoms with Crippen LogP contribution in [0.25, 0.3) is 0 Å². The Labute approximate surface area is 166 Å². The third-order valence-corrected chi connectivity index (χ3v) is 5.29. The number of amides is 2. The van der Waals surface area contributed by atoms with Gasteiger partial charge < -0.3 is 15.0 Å². The number of hydrogen-bond donors (Lipinski definition) is 1. The molecule has 0 saturated carbocycles. The van der Waals surface area contributed by atoms with Gasteiger partial charge >= 0.3 is 0 Å². The summed E-state index contributed by atoms with van der Waals surface area (Å²) in [5.74, 6) is 0.607. The first-order valence-corrected chi connectivity index (χ1v) is 9.70. The first kappa shape index (κ1) is 18.7. The standard InChI is InChI=1S/C20H21IN2O3/c1-26-18-10-7-15(13-17(18)21)19(24)22-16-8-5-14(6-9-16)20(25)23-11-3-2-4-12-23/h5-10,13H,2-4,11-12H2,1H3,(H,22,24). The van der Waals surface area contributed by atoms with E-state index in [1.54, 1.807) is 49.6 Å². The highest BCUT2D eigenvalue weighted by Crippen LogP contribution is 2.22. The van der Waals surface area contributed by atoms with Crippen molar-refractivity contribution >= 4 is 40.1 Å². The third-order valence-electron chi connectivity index (χ3n) is 4.45. The summed E-state index contributed by atoms with van der Waals surface area (Å²) in [6, 6.07) is 12.4. The first-order chi connectivity index (χ1) is 12.6. The summed E-state index contributed by atoms with van der Waals surface area (Å²) in [6.45, 7) is 1.65. The van der Waals surface area contributed by atoms with E-state index in [1.165, 1.54) is 6.42 Å². The zero-order chi connectivity index (χ0) is 18.5. The molecule has 0 spiro atoms. The monoisotopic (exact) mass is 464 g/mol. The number of anilines is 1. The Hall–Kier alpha value is -2.09. The van der Waals surface area contributed by atoms with Crippen molar-refractivity contribution in [2.75, 3.05) is 25.5 Å². The molecule has 1 aliphatic heterocycles. The summed E-state index contributed by atoms with van der Waals surface area (Å²) in [4.78, 5) is 26.8. The van der Waals surface area contributed by atoms with Gasteiger partial charge in [-0.1, -0.05) is 0 Å². The molecule has 3 rings (SSSR count). The Kier molecular flexibility index (Phi) is 6.13. The molecule has 136 valence electrons. The second kappa shape index (κ2) is 8.53. The van der Waals surface area contributed by atoms with Gasteiger partial charge in [-0.05, 0) is 84.3 Å². The minimum Gasteiger partial charge on any atom is -0.496 e. The smallest absolute Gasteiger partial charge is 0.255 e. The third kappa shape index (κ3) is 4.35. The highest BCUT2D eigenvalue weighted by atomic mass is 127. The largest absolute Gasteiger partial charge is 0.496 e. The minimum absolute atomic E-state index is 0.0623. The molecule has 6 heteroatoms. The van der Waals surface area contributed by atoms with Crippen molar-refractivity contribution in [2.45, 2.75) is 19.3 Å². The van der Waals surface area contributed by atoms with Crippen molar-refractivity contribution in [3.63, 3.8) is 0 Å². The average molecular weight is 464 g/mol. The van der Waals surface area contributed by atoms with E-state index >= 15 is 0 Å². The minimum atomic E-state index is -0.194. The van der Waals surface area contributed by atoms with E-state index in [9.17, 15) is 9.59 Å². The lowest BCUT2D eigenvalue weighted by Crippen LogP contribution is -2.35. The highest BCUT2D eigenvalue weighted by Gasteiger charge is 2.18. The molecule has 0 bridgehead atoms. The topological polar surface area (TPSA) is 58.6 Å². The number of carbonyl (C=O) groups is 2. The van der Waals surface area contributed by atoms with Crippen LogP contribution in [0.15, 0.2) is 42.5 Å². The maximum Gasteiger partial charge on any atom is 0.255 e. The van der Waals surface area contributed by atoms with Gasteiger partial charge in [0.1, 0.15) is 5.75 Å². The van der Waals surface area contributed by atoms with Crippen molar-refractivity contribution in [2.24, 2.45) is 0 Å². The molecule has 1 aliphatic rings. The Bertz CT molecular complexity index is 799. The van der Waals surface area contributed by atoms with Crippen LogP contribution in [-0.4, -0.2) is 36.9 Å². The number of nitrogens with one attached hydrogen (secondary N) is 1. The SMILES string of the molecule is COc1ccc(C(=O)Nc2ccc(C(=O)N3CCCCC3)cc2)cc1I. The van der Waals surface area contributed by atoms with E-state index in [0.717, 1.165) is 35.3 Å². The summed E-state index contributed by atoms with van der Waals surface area (Å²) in [5.41, 5.74) is 1.88. The Morgan fingerprint density at radius 2 is 1.65 bits per heavy atom. The van der Waals surface area contributed by atoms with Crippen molar-refractivity contribution in [1.82, 2.24) is 4.90 Å². The number of nitrogens with zero attached hydrogens (tertiary/aromatic N) is 1. The normalized spacial score (nSPS) is 14.0. The molecule has 1 N–H and O–H groups in total. The summed E-state index contributed by atoms with van der Waals surface area (Å²) in [5, 5.41) is 2.86. The van der Waals surface area contributed by atoms with E-state index in [-0.39, 0.29) is 11.8 Å². The molecule has 2 aromatic rings. The van der Waals surface area contributed by atoms with E-state index in [0.29, 0.717) is 16.8 Å². The number of methoxy groups -OCH3 is 1. The molecule has 2 amide bonds. The summed E-state index contributed by atoms with van der Waals surface area (Å²) < 4.78 is 6.08. The number of piperidine rings is 1. The van der Waals surface area contributed by atoms with Crippen molar-refractivity contribution in [3.05, 3.63) is 57.2 Å². The predicted octanol–water partition coefficient (Wildman–Crippen LogP) is 4.18. The number of rotatable bonds is 4. The zero-order valence-electron chi connectivity index (χ0n) is 14.6. The van der Waals surface area contributed by atoms with Crippen LogP contribution in [0.5, 0.6) is 5.75 Å². The van der Waals surface area contributed by atoms with Gasteiger partial charge in [0.2, 0.25) is 0 Å². The second-order valence-corrected chi connectivity index (χ2v) is 7.40. The van der Waals surface area contributed by atoms with Gasteiger partial charge in [0.25, 0.3) is 11.8 Å². The van der Waals surface area contributed by atoms with Crippen molar-refractivity contribution in [3.8, 4) is 5.75 Å². The molecule has 0 aliphatic carbocycles. The van der Waals surface area contributed by atoms with Gasteiger partial charge in [0, 0.05) is 29.9 Å². The van der Waals surface area contributed by atoms with Crippen LogP contribution in [-0.2, 0) is 0 Å². The Morgan fingerprint density at radius 3 is 2.27 bits per heavy atom. The van der Waals surface area contributed by atoms with Crippen LogP contribution in [0, 0.1) is 3.57 Å². The van der Waals surface area contributed by atoms with Gasteiger partial charge in [-0.15, -0.1) is 0 Å². The highest BCUT2D eigenvalue weighted by molar-refractivity contribution is 14.1. The fraction of sp³-hybridized carbons (Fsp3) is 0.300. The van der Waals surface area contributed by atoms with Gasteiger partial charge in [-0.3, -0.25) is 9.59 Å². The Balaban J connectivity index is 1.66. The number of carbonyl (C=O) groups excluding carboxylic acids is 2. The maximum absolute atomic E-state index is 12.5. The average Bonchev–Trinajstić information content (AvgIpc) is 2.68. The van der Waals surface area contributed by atoms with Crippen LogP contribution in [0.1, 0.15) is 40.0 Å². The molecule has 0 atom stereocenters. The molecule has 5 nitrogen and oxygen atoms in total. The van der Waals surface area contributed by atoms with Gasteiger partial charge in [0.05, 0.1) is 10.7 Å². The molecule has 2 aromatic carbocycles. The summed E-state index contributed by atoms with van der Waals surface area (Å²) in [7, 11) is 1.60. The lowest BCUT2D eigenvalue weighted by atomic mass is 10.1. The number of likely N-dealkylation sites (tertiary alicyclic amines) is 1. The van der Waals surface area contributed by atoms with Crippen molar-refractivity contribution < 1.29 is 14.3 Å². The molecule has 0 aromatic heterocycles. The lowest BCUT2D eigenvalue weighted by molar-refractivity contribution is 0.0724. The van der Waals surface area contributed by atoms with E-state index < -0.39 is 0 Å². The van der Waals surface area contributed by atoms with E-state index in [4.69, 9.17) is 4.74 Å². The van der Waals surface area contributed by atoms with Gasteiger partial charge in [-0.25, -0.2) is 0 Å². The van der Waals surface area contributed by atoms with Crippen molar-refractivity contribution in [1.29, 1.82) is 0 Å². The summed E-state index contributed by atoms with van der Waals surface area (Å²) >= 11 is 2.14. The summed E-state index contributed by atoms with van der Waals surface area (Å²) in [6.07, 6.45) is 3.33. The van der Waals surface area contributed by atoms with Crippen LogP contribution < -0.4 is 10.1 Å². The number of halogens is 1. The molecule has 1 fully saturated rings. The molecule has 1 heterocycles. The molecule has 0 radical (unpaired) electrons. The van der Waals surface area contributed by atoms with E-state index in [2.05, 4.69) is 27.9 Å². The van der Waals surface area contributed by atoms with Crippen LogP contribution in [0.2, 0.25) is 0 Å². The van der Waals surface area contributed by atoms with Gasteiger partial charge in [0.15, 0.2) is 0 Å². The molecule has 1 saturated heterocycles. The van der Waals surface area contributed by atoms with E-state index in [1.807, 2.05) is 4.90 Å². The lowest BCUT2D eigenvalue weighted by Gasteiger charge is -2.26. The fourth-order valence-corrected chi connectivity index (χ4v) is 3.72. The number of benzene rings is 2.